The Labute approximate surface area is 123 Å². The Hall–Kier alpha value is -1.77. The lowest BCUT2D eigenvalue weighted by molar-refractivity contribution is 0.579. The number of nitrogens with two attached hydrogens (primary N) is 1. The first-order valence-electron chi connectivity index (χ1n) is 6.77. The van der Waals surface area contributed by atoms with Gasteiger partial charge in [0.1, 0.15) is 0 Å². The van der Waals surface area contributed by atoms with Crippen molar-refractivity contribution in [2.45, 2.75) is 36.9 Å². The molecule has 1 aliphatic carbocycles. The van der Waals surface area contributed by atoms with Crippen molar-refractivity contribution in [3.8, 4) is 0 Å². The summed E-state index contributed by atoms with van der Waals surface area (Å²) >= 11 is 0. The number of rotatable bonds is 6. The molecule has 0 unspecified atom stereocenters. The van der Waals surface area contributed by atoms with E-state index >= 15 is 0 Å². The van der Waals surface area contributed by atoms with Crippen LogP contribution in [0.2, 0.25) is 0 Å². The van der Waals surface area contributed by atoms with Crippen LogP contribution in [0.4, 0.5) is 0 Å². The molecule has 8 heteroatoms. The van der Waals surface area contributed by atoms with Crippen molar-refractivity contribution in [1.82, 2.24) is 19.5 Å². The maximum absolute atomic E-state index is 12.3. The van der Waals surface area contributed by atoms with Crippen LogP contribution in [0, 0.1) is 0 Å². The van der Waals surface area contributed by atoms with Gasteiger partial charge in [-0.2, -0.15) is 10.2 Å². The lowest BCUT2D eigenvalue weighted by atomic mass is 10.4. The zero-order valence-electron chi connectivity index (χ0n) is 11.4. The van der Waals surface area contributed by atoms with Gasteiger partial charge in [0, 0.05) is 30.7 Å². The van der Waals surface area contributed by atoms with Gasteiger partial charge in [-0.1, -0.05) is 0 Å². The minimum absolute atomic E-state index is 0.114. The van der Waals surface area contributed by atoms with Crippen LogP contribution in [0.5, 0.6) is 0 Å². The zero-order chi connectivity index (χ0) is 14.9. The van der Waals surface area contributed by atoms with Gasteiger partial charge in [-0.25, -0.2) is 13.1 Å². The maximum atomic E-state index is 12.3. The van der Waals surface area contributed by atoms with Crippen LogP contribution >= 0.6 is 0 Å². The van der Waals surface area contributed by atoms with Crippen LogP contribution in [-0.4, -0.2) is 23.2 Å². The summed E-state index contributed by atoms with van der Waals surface area (Å²) in [6, 6.07) is 5.47. The second-order valence-electron chi connectivity index (χ2n) is 5.05. The number of nitrogens with zero attached hydrogens (tertiary/aromatic N) is 3. The second-order valence-corrected chi connectivity index (χ2v) is 6.82. The van der Waals surface area contributed by atoms with Crippen LogP contribution in [0.25, 0.3) is 0 Å². The topological polar surface area (TPSA) is 103 Å². The molecule has 1 fully saturated rings. The Morgan fingerprint density at radius 2 is 2.24 bits per heavy atom. The van der Waals surface area contributed by atoms with E-state index in [2.05, 4.69) is 14.9 Å². The standard InChI is InChI=1S/C13H17N5O2S/c14-7-12-6-13(9-18(12)11-3-4-11)21(19,20)16-8-10-2-1-5-15-17-10/h1-2,5-6,9,11,16H,3-4,7-8,14H2. The summed E-state index contributed by atoms with van der Waals surface area (Å²) in [5, 5.41) is 7.57. The van der Waals surface area contributed by atoms with E-state index in [0.717, 1.165) is 18.5 Å². The fraction of sp³-hybridized carbons (Fsp3) is 0.385. The summed E-state index contributed by atoms with van der Waals surface area (Å²) < 4.78 is 29.1. The van der Waals surface area contributed by atoms with Crippen molar-refractivity contribution in [2.24, 2.45) is 5.73 Å². The highest BCUT2D eigenvalue weighted by Gasteiger charge is 2.27. The molecule has 0 atom stereocenters. The van der Waals surface area contributed by atoms with Gasteiger partial charge in [0.15, 0.2) is 0 Å². The monoisotopic (exact) mass is 307 g/mol. The minimum Gasteiger partial charge on any atom is -0.346 e. The van der Waals surface area contributed by atoms with E-state index in [1.54, 1.807) is 30.6 Å². The van der Waals surface area contributed by atoms with Crippen molar-refractivity contribution in [2.75, 3.05) is 0 Å². The van der Waals surface area contributed by atoms with Crippen LogP contribution in [-0.2, 0) is 23.1 Å². The fourth-order valence-electron chi connectivity index (χ4n) is 2.18. The largest absolute Gasteiger partial charge is 0.346 e. The van der Waals surface area contributed by atoms with E-state index in [0.29, 0.717) is 18.3 Å². The summed E-state index contributed by atoms with van der Waals surface area (Å²) in [5.74, 6) is 0. The molecular formula is C13H17N5O2S. The van der Waals surface area contributed by atoms with Gasteiger partial charge in [0.2, 0.25) is 10.0 Å². The Morgan fingerprint density at radius 3 is 2.86 bits per heavy atom. The smallest absolute Gasteiger partial charge is 0.242 e. The molecule has 112 valence electrons. The zero-order valence-corrected chi connectivity index (χ0v) is 12.3. The van der Waals surface area contributed by atoms with Crippen LogP contribution in [0.3, 0.4) is 0 Å². The summed E-state index contributed by atoms with van der Waals surface area (Å²) in [6.07, 6.45) is 5.36. The number of nitrogens with one attached hydrogen (secondary N) is 1. The summed E-state index contributed by atoms with van der Waals surface area (Å²) in [6.45, 7) is 0.443. The minimum atomic E-state index is -3.57. The Balaban J connectivity index is 1.78. The third kappa shape index (κ3) is 3.12. The van der Waals surface area contributed by atoms with Crippen LogP contribution in [0.1, 0.15) is 30.3 Å². The lowest BCUT2D eigenvalue weighted by Crippen LogP contribution is -2.23. The quantitative estimate of drug-likeness (QED) is 0.811. The van der Waals surface area contributed by atoms with Gasteiger partial charge >= 0.3 is 0 Å². The fourth-order valence-corrected chi connectivity index (χ4v) is 3.23. The van der Waals surface area contributed by atoms with Gasteiger partial charge in [-0.3, -0.25) is 0 Å². The molecule has 2 heterocycles. The Kier molecular flexibility index (Phi) is 3.75. The first kappa shape index (κ1) is 14.2. The highest BCUT2D eigenvalue weighted by Crippen LogP contribution is 2.37. The first-order valence-corrected chi connectivity index (χ1v) is 8.25. The number of hydrogen-bond acceptors (Lipinski definition) is 5. The van der Waals surface area contributed by atoms with E-state index in [1.165, 1.54) is 0 Å². The van der Waals surface area contributed by atoms with Gasteiger partial charge in [-0.05, 0) is 31.0 Å². The van der Waals surface area contributed by atoms with Crippen LogP contribution < -0.4 is 10.5 Å². The van der Waals surface area contributed by atoms with E-state index < -0.39 is 10.0 Å². The average molecular weight is 307 g/mol. The Bertz CT molecular complexity index is 722. The highest BCUT2D eigenvalue weighted by atomic mass is 32.2. The molecule has 2 aromatic heterocycles. The molecule has 1 aliphatic rings. The van der Waals surface area contributed by atoms with Crippen molar-refractivity contribution in [1.29, 1.82) is 0 Å². The highest BCUT2D eigenvalue weighted by molar-refractivity contribution is 7.89. The molecule has 0 aromatic carbocycles. The summed E-state index contributed by atoms with van der Waals surface area (Å²) in [4.78, 5) is 0.249. The molecule has 7 nitrogen and oxygen atoms in total. The lowest BCUT2D eigenvalue weighted by Gasteiger charge is -2.04. The number of aromatic nitrogens is 3. The van der Waals surface area contributed by atoms with E-state index in [4.69, 9.17) is 5.73 Å². The number of sulfonamides is 1. The third-order valence-electron chi connectivity index (χ3n) is 3.44. The SMILES string of the molecule is NCc1cc(S(=O)(=O)NCc2cccnn2)cn1C1CC1. The molecular weight excluding hydrogens is 290 g/mol. The van der Waals surface area contributed by atoms with E-state index in [1.807, 2.05) is 4.57 Å². The summed E-state index contributed by atoms with van der Waals surface area (Å²) in [5.41, 5.74) is 7.10. The summed E-state index contributed by atoms with van der Waals surface area (Å²) in [7, 11) is -3.57. The molecule has 21 heavy (non-hydrogen) atoms. The molecule has 0 bridgehead atoms. The first-order chi connectivity index (χ1) is 10.1. The van der Waals surface area contributed by atoms with Gasteiger partial charge in [-0.15, -0.1) is 0 Å². The second kappa shape index (κ2) is 5.55. The molecule has 0 radical (unpaired) electrons. The average Bonchev–Trinajstić information content (AvgIpc) is 3.24. The predicted molar refractivity (Wildman–Crippen MR) is 76.7 cm³/mol. The van der Waals surface area contributed by atoms with Gasteiger partial charge < -0.3 is 10.3 Å². The van der Waals surface area contributed by atoms with Crippen LogP contribution in [0.15, 0.2) is 35.5 Å². The molecule has 3 N–H and O–H groups in total. The molecule has 0 saturated heterocycles. The molecule has 2 aromatic rings. The van der Waals surface area contributed by atoms with Gasteiger partial charge in [0.25, 0.3) is 0 Å². The molecule has 0 amide bonds. The Morgan fingerprint density at radius 1 is 1.43 bits per heavy atom. The molecule has 3 rings (SSSR count). The maximum Gasteiger partial charge on any atom is 0.242 e. The van der Waals surface area contributed by atoms with E-state index in [-0.39, 0.29) is 11.4 Å². The normalized spacial score (nSPS) is 15.3. The molecule has 0 spiro atoms. The number of hydrogen-bond donors (Lipinski definition) is 2. The third-order valence-corrected chi connectivity index (χ3v) is 4.81. The van der Waals surface area contributed by atoms with Crippen molar-refractivity contribution in [3.63, 3.8) is 0 Å². The van der Waals surface area contributed by atoms with Crippen molar-refractivity contribution in [3.05, 3.63) is 42.0 Å². The molecule has 0 aliphatic heterocycles. The molecule has 1 saturated carbocycles. The van der Waals surface area contributed by atoms with Crippen molar-refractivity contribution < 1.29 is 8.42 Å². The van der Waals surface area contributed by atoms with E-state index in [9.17, 15) is 8.42 Å². The van der Waals surface area contributed by atoms with Crippen molar-refractivity contribution >= 4 is 10.0 Å². The van der Waals surface area contributed by atoms with Gasteiger partial charge in [0.05, 0.1) is 17.1 Å². The predicted octanol–water partition coefficient (Wildman–Crippen LogP) is 0.550.